The van der Waals surface area contributed by atoms with Crippen LogP contribution in [0.2, 0.25) is 0 Å². The Kier molecular flexibility index (Phi) is 6.66. The van der Waals surface area contributed by atoms with Gasteiger partial charge in [-0.15, -0.1) is 16.9 Å². The van der Waals surface area contributed by atoms with Crippen LogP contribution in [-0.4, -0.2) is 35.2 Å². The second kappa shape index (κ2) is 8.73. The van der Waals surface area contributed by atoms with Gasteiger partial charge in [-0.2, -0.15) is 0 Å². The van der Waals surface area contributed by atoms with Gasteiger partial charge in [-0.1, -0.05) is 25.1 Å². The molecule has 1 aromatic carbocycles. The van der Waals surface area contributed by atoms with Crippen LogP contribution in [0.1, 0.15) is 32.0 Å². The first-order valence-corrected chi connectivity index (χ1v) is 8.77. The van der Waals surface area contributed by atoms with E-state index in [1.54, 1.807) is 23.6 Å². The molecule has 0 saturated heterocycles. The molecule has 6 nitrogen and oxygen atoms in total. The quantitative estimate of drug-likeness (QED) is 0.538. The van der Waals surface area contributed by atoms with Crippen molar-refractivity contribution in [1.82, 2.24) is 15.0 Å². The number of ether oxygens (including phenoxy) is 2. The fraction of sp³-hybridized carbons (Fsp3) is 0.471. The van der Waals surface area contributed by atoms with E-state index in [-0.39, 0.29) is 5.97 Å². The van der Waals surface area contributed by atoms with Gasteiger partial charge >= 0.3 is 5.97 Å². The minimum atomic E-state index is -0.432. The van der Waals surface area contributed by atoms with Crippen LogP contribution in [0.15, 0.2) is 35.4 Å². The molecule has 0 radical (unpaired) electrons. The first-order chi connectivity index (χ1) is 11.5. The topological polar surface area (TPSA) is 66.2 Å². The Hall–Kier alpha value is -2.02. The molecular formula is C17H23N3O3S. The van der Waals surface area contributed by atoms with Crippen LogP contribution in [0.25, 0.3) is 0 Å². The number of hydrogen-bond donors (Lipinski definition) is 0. The van der Waals surface area contributed by atoms with E-state index < -0.39 is 6.04 Å². The van der Waals surface area contributed by atoms with Crippen LogP contribution in [0, 0.1) is 5.92 Å². The third-order valence-electron chi connectivity index (χ3n) is 3.47. The smallest absolute Gasteiger partial charge is 0.330 e. The Balaban J connectivity index is 2.04. The number of carbonyl (C=O) groups is 1. The van der Waals surface area contributed by atoms with Crippen LogP contribution in [0.3, 0.4) is 0 Å². The van der Waals surface area contributed by atoms with Gasteiger partial charge in [-0.05, 0) is 30.5 Å². The lowest BCUT2D eigenvalue weighted by atomic mass is 10.0. The largest absolute Gasteiger partial charge is 0.497 e. The normalized spacial score (nSPS) is 12.2. The molecule has 1 aromatic heterocycles. The van der Waals surface area contributed by atoms with Gasteiger partial charge in [0.2, 0.25) is 0 Å². The van der Waals surface area contributed by atoms with E-state index in [9.17, 15) is 4.79 Å². The van der Waals surface area contributed by atoms with Crippen LogP contribution in [-0.2, 0) is 15.3 Å². The molecule has 130 valence electrons. The van der Waals surface area contributed by atoms with Crippen molar-refractivity contribution < 1.29 is 14.3 Å². The van der Waals surface area contributed by atoms with Crippen molar-refractivity contribution in [2.24, 2.45) is 5.92 Å². The second-order valence-corrected chi connectivity index (χ2v) is 6.87. The van der Waals surface area contributed by atoms with Gasteiger partial charge < -0.3 is 9.47 Å². The maximum Gasteiger partial charge on any atom is 0.330 e. The van der Waals surface area contributed by atoms with Crippen molar-refractivity contribution in [3.8, 4) is 5.75 Å². The summed E-state index contributed by atoms with van der Waals surface area (Å²) < 4.78 is 11.7. The number of hydrogen-bond acceptors (Lipinski definition) is 6. The predicted molar refractivity (Wildman–Crippen MR) is 93.1 cm³/mol. The number of methoxy groups -OCH3 is 2. The highest BCUT2D eigenvalue weighted by molar-refractivity contribution is 7.98. The van der Waals surface area contributed by atoms with E-state index >= 15 is 0 Å². The summed E-state index contributed by atoms with van der Waals surface area (Å²) in [5.74, 6) is 1.56. The summed E-state index contributed by atoms with van der Waals surface area (Å²) in [6, 6.07) is 7.43. The highest BCUT2D eigenvalue weighted by Crippen LogP contribution is 2.26. The van der Waals surface area contributed by atoms with E-state index in [1.807, 2.05) is 30.5 Å². The zero-order valence-corrected chi connectivity index (χ0v) is 15.2. The van der Waals surface area contributed by atoms with Gasteiger partial charge in [0.25, 0.3) is 0 Å². The lowest BCUT2D eigenvalue weighted by Crippen LogP contribution is -2.23. The number of rotatable bonds is 8. The van der Waals surface area contributed by atoms with Gasteiger partial charge in [0, 0.05) is 10.6 Å². The van der Waals surface area contributed by atoms with Crippen molar-refractivity contribution in [3.05, 3.63) is 36.2 Å². The minimum Gasteiger partial charge on any atom is -0.497 e. The number of aromatic nitrogens is 3. The average Bonchev–Trinajstić information content (AvgIpc) is 3.06. The van der Waals surface area contributed by atoms with Crippen LogP contribution >= 0.6 is 11.8 Å². The van der Waals surface area contributed by atoms with Gasteiger partial charge in [0.05, 0.1) is 26.1 Å². The molecule has 0 aliphatic rings. The Morgan fingerprint density at radius 1 is 1.33 bits per heavy atom. The maximum atomic E-state index is 12.0. The van der Waals surface area contributed by atoms with Crippen molar-refractivity contribution in [1.29, 1.82) is 0 Å². The lowest BCUT2D eigenvalue weighted by Gasteiger charge is -2.16. The fourth-order valence-corrected chi connectivity index (χ4v) is 3.10. The molecule has 0 N–H and O–H groups in total. The van der Waals surface area contributed by atoms with Crippen molar-refractivity contribution in [2.75, 3.05) is 14.2 Å². The van der Waals surface area contributed by atoms with Crippen LogP contribution in [0.4, 0.5) is 0 Å². The van der Waals surface area contributed by atoms with E-state index in [0.717, 1.165) is 16.3 Å². The molecule has 7 heteroatoms. The Bertz CT molecular complexity index is 673. The second-order valence-electron chi connectivity index (χ2n) is 5.83. The van der Waals surface area contributed by atoms with Gasteiger partial charge in [0.15, 0.2) is 6.04 Å². The zero-order chi connectivity index (χ0) is 17.5. The summed E-state index contributed by atoms with van der Waals surface area (Å²) in [6.07, 6.45) is 2.48. The Labute approximate surface area is 146 Å². The molecule has 0 spiro atoms. The molecule has 1 atom stereocenters. The SMILES string of the molecule is COC(=O)[C@H](CC(C)C)n1cc(CSc2cccc(OC)c2)nn1. The summed E-state index contributed by atoms with van der Waals surface area (Å²) in [5, 5.41) is 8.28. The minimum absolute atomic E-state index is 0.291. The van der Waals surface area contributed by atoms with Gasteiger partial charge in [-0.25, -0.2) is 9.48 Å². The molecule has 0 unspecified atom stereocenters. The van der Waals surface area contributed by atoms with Crippen LogP contribution < -0.4 is 4.74 Å². The van der Waals surface area contributed by atoms with Crippen molar-refractivity contribution >= 4 is 17.7 Å². The fourth-order valence-electron chi connectivity index (χ4n) is 2.27. The molecular weight excluding hydrogens is 326 g/mol. The number of carbonyl (C=O) groups excluding carboxylic acids is 1. The summed E-state index contributed by atoms with van der Waals surface area (Å²) in [6.45, 7) is 4.12. The van der Waals surface area contributed by atoms with Crippen molar-refractivity contribution in [2.45, 2.75) is 37.0 Å². The number of thioether (sulfide) groups is 1. The number of benzene rings is 1. The highest BCUT2D eigenvalue weighted by Gasteiger charge is 2.24. The Morgan fingerprint density at radius 2 is 2.12 bits per heavy atom. The molecule has 0 amide bonds. The lowest BCUT2D eigenvalue weighted by molar-refractivity contribution is -0.145. The molecule has 0 saturated carbocycles. The van der Waals surface area contributed by atoms with E-state index in [1.165, 1.54) is 7.11 Å². The summed E-state index contributed by atoms with van der Waals surface area (Å²) >= 11 is 1.64. The van der Waals surface area contributed by atoms with E-state index in [0.29, 0.717) is 18.1 Å². The first kappa shape index (κ1) is 18.3. The maximum absolute atomic E-state index is 12.0. The number of esters is 1. The summed E-state index contributed by atoms with van der Waals surface area (Å²) in [5.41, 5.74) is 0.820. The van der Waals surface area contributed by atoms with Crippen molar-refractivity contribution in [3.63, 3.8) is 0 Å². The van der Waals surface area contributed by atoms with Gasteiger partial charge in [-0.3, -0.25) is 0 Å². The summed E-state index contributed by atoms with van der Waals surface area (Å²) in [7, 11) is 3.04. The first-order valence-electron chi connectivity index (χ1n) is 7.79. The monoisotopic (exact) mass is 349 g/mol. The molecule has 0 aliphatic heterocycles. The molecule has 0 aliphatic carbocycles. The molecule has 2 rings (SSSR count). The predicted octanol–water partition coefficient (Wildman–Crippen LogP) is 3.34. The molecule has 2 aromatic rings. The standard InChI is InChI=1S/C17H23N3O3S/c1-12(2)8-16(17(21)23-4)20-10-13(18-19-20)11-24-15-7-5-6-14(9-15)22-3/h5-7,9-10,12,16H,8,11H2,1-4H3/t16-/m0/s1. The van der Waals surface area contributed by atoms with E-state index in [4.69, 9.17) is 9.47 Å². The van der Waals surface area contributed by atoms with E-state index in [2.05, 4.69) is 24.2 Å². The number of nitrogens with zero attached hydrogens (tertiary/aromatic N) is 3. The molecule has 1 heterocycles. The molecule has 0 fully saturated rings. The van der Waals surface area contributed by atoms with Gasteiger partial charge in [0.1, 0.15) is 5.75 Å². The molecule has 24 heavy (non-hydrogen) atoms. The third kappa shape index (κ3) is 4.99. The average molecular weight is 349 g/mol. The highest BCUT2D eigenvalue weighted by atomic mass is 32.2. The Morgan fingerprint density at radius 3 is 2.79 bits per heavy atom. The third-order valence-corrected chi connectivity index (χ3v) is 4.50. The zero-order valence-electron chi connectivity index (χ0n) is 14.4. The molecule has 0 bridgehead atoms. The van der Waals surface area contributed by atoms with Crippen LogP contribution in [0.5, 0.6) is 5.75 Å². The summed E-state index contributed by atoms with van der Waals surface area (Å²) in [4.78, 5) is 13.1.